The molecular weight excluding hydrogens is 258 g/mol. The molecule has 0 saturated carbocycles. The van der Waals surface area contributed by atoms with Crippen LogP contribution in [0.2, 0.25) is 0 Å². The van der Waals surface area contributed by atoms with Crippen LogP contribution in [-0.2, 0) is 6.54 Å². The van der Waals surface area contributed by atoms with Crippen LogP contribution in [0.25, 0.3) is 10.9 Å². The van der Waals surface area contributed by atoms with Crippen molar-refractivity contribution < 1.29 is 14.3 Å². The van der Waals surface area contributed by atoms with Gasteiger partial charge in [0.05, 0.1) is 11.2 Å². The number of carboxylic acid groups (broad SMARTS) is 1. The number of fused-ring (bicyclic) bond motifs is 1. The average Bonchev–Trinajstić information content (AvgIpc) is 2.92. The molecule has 20 heavy (non-hydrogen) atoms. The van der Waals surface area contributed by atoms with Crippen LogP contribution in [-0.4, -0.2) is 25.8 Å². The Morgan fingerprint density at radius 2 is 2.10 bits per heavy atom. The van der Waals surface area contributed by atoms with E-state index in [1.54, 1.807) is 16.8 Å². The number of oxazole rings is 1. The van der Waals surface area contributed by atoms with Gasteiger partial charge in [-0.05, 0) is 19.9 Å². The van der Waals surface area contributed by atoms with Crippen molar-refractivity contribution in [2.24, 2.45) is 0 Å². The minimum absolute atomic E-state index is 0.0422. The van der Waals surface area contributed by atoms with Crippen LogP contribution in [0, 0.1) is 13.8 Å². The summed E-state index contributed by atoms with van der Waals surface area (Å²) in [6.07, 6.45) is 0. The first-order chi connectivity index (χ1) is 9.56. The van der Waals surface area contributed by atoms with Crippen molar-refractivity contribution in [1.82, 2.24) is 14.8 Å². The molecule has 1 N–H and O–H groups in total. The van der Waals surface area contributed by atoms with E-state index in [1.165, 1.54) is 0 Å². The number of aromatic carboxylic acids is 1. The number of carbonyl (C=O) groups is 1. The van der Waals surface area contributed by atoms with Gasteiger partial charge in [-0.25, -0.2) is 9.78 Å². The van der Waals surface area contributed by atoms with Crippen molar-refractivity contribution in [3.63, 3.8) is 0 Å². The van der Waals surface area contributed by atoms with E-state index in [-0.39, 0.29) is 5.69 Å². The van der Waals surface area contributed by atoms with Gasteiger partial charge in [0, 0.05) is 5.39 Å². The number of para-hydroxylation sites is 1. The molecule has 0 bridgehead atoms. The fraction of sp³-hybridized carbons (Fsp3) is 0.214. The predicted octanol–water partition coefficient (Wildman–Crippen LogP) is 2.39. The molecule has 102 valence electrons. The second-order valence-corrected chi connectivity index (χ2v) is 4.58. The smallest absolute Gasteiger partial charge is 0.357 e. The third-order valence-corrected chi connectivity index (χ3v) is 3.22. The summed E-state index contributed by atoms with van der Waals surface area (Å²) in [6.45, 7) is 4.02. The van der Waals surface area contributed by atoms with Gasteiger partial charge < -0.3 is 9.52 Å². The molecule has 6 heteroatoms. The van der Waals surface area contributed by atoms with E-state index < -0.39 is 5.97 Å². The number of carboxylic acids is 1. The van der Waals surface area contributed by atoms with E-state index in [9.17, 15) is 9.90 Å². The van der Waals surface area contributed by atoms with Crippen LogP contribution in [0.4, 0.5) is 0 Å². The van der Waals surface area contributed by atoms with E-state index in [0.29, 0.717) is 17.8 Å². The summed E-state index contributed by atoms with van der Waals surface area (Å²) in [6, 6.07) is 7.21. The maximum absolute atomic E-state index is 11.2. The normalized spacial score (nSPS) is 11.1. The number of hydrogen-bond acceptors (Lipinski definition) is 4. The lowest BCUT2D eigenvalue weighted by Crippen LogP contribution is -2.04. The third kappa shape index (κ3) is 1.95. The van der Waals surface area contributed by atoms with Gasteiger partial charge in [0.2, 0.25) is 5.89 Å². The Balaban J connectivity index is 2.09. The van der Waals surface area contributed by atoms with Gasteiger partial charge in [0.1, 0.15) is 12.3 Å². The summed E-state index contributed by atoms with van der Waals surface area (Å²) in [5, 5.41) is 13.9. The molecule has 1 aromatic carbocycles. The maximum atomic E-state index is 11.2. The lowest BCUT2D eigenvalue weighted by molar-refractivity contribution is 0.0691. The predicted molar refractivity (Wildman–Crippen MR) is 71.8 cm³/mol. The average molecular weight is 271 g/mol. The molecule has 0 fully saturated rings. The summed E-state index contributed by atoms with van der Waals surface area (Å²) < 4.78 is 7.12. The minimum Gasteiger partial charge on any atom is -0.476 e. The first kappa shape index (κ1) is 12.4. The van der Waals surface area contributed by atoms with Crippen LogP contribution < -0.4 is 0 Å². The van der Waals surface area contributed by atoms with E-state index in [0.717, 1.165) is 17.0 Å². The zero-order valence-corrected chi connectivity index (χ0v) is 11.1. The van der Waals surface area contributed by atoms with Gasteiger partial charge >= 0.3 is 5.97 Å². The molecule has 0 amide bonds. The second kappa shape index (κ2) is 4.48. The number of aryl methyl sites for hydroxylation is 2. The molecule has 2 heterocycles. The zero-order valence-electron chi connectivity index (χ0n) is 11.1. The van der Waals surface area contributed by atoms with Crippen LogP contribution in [0.5, 0.6) is 0 Å². The summed E-state index contributed by atoms with van der Waals surface area (Å²) in [7, 11) is 0. The van der Waals surface area contributed by atoms with Gasteiger partial charge in [-0.3, -0.25) is 4.68 Å². The highest BCUT2D eigenvalue weighted by molar-refractivity contribution is 6.01. The van der Waals surface area contributed by atoms with Gasteiger partial charge in [-0.1, -0.05) is 18.2 Å². The maximum Gasteiger partial charge on any atom is 0.357 e. The molecule has 6 nitrogen and oxygen atoms in total. The van der Waals surface area contributed by atoms with Crippen molar-refractivity contribution in [3.8, 4) is 0 Å². The Bertz CT molecular complexity index is 782. The van der Waals surface area contributed by atoms with Crippen LogP contribution in [0.3, 0.4) is 0 Å². The Labute approximate surface area is 114 Å². The Morgan fingerprint density at radius 1 is 1.35 bits per heavy atom. The highest BCUT2D eigenvalue weighted by atomic mass is 16.4. The quantitative estimate of drug-likeness (QED) is 0.791. The van der Waals surface area contributed by atoms with Crippen molar-refractivity contribution in [2.75, 3.05) is 0 Å². The highest BCUT2D eigenvalue weighted by Gasteiger charge is 2.17. The number of nitrogens with zero attached hydrogens (tertiary/aromatic N) is 3. The second-order valence-electron chi connectivity index (χ2n) is 4.58. The Morgan fingerprint density at radius 3 is 2.75 bits per heavy atom. The highest BCUT2D eigenvalue weighted by Crippen LogP contribution is 2.20. The molecule has 3 rings (SSSR count). The standard InChI is InChI=1S/C14H13N3O3/c1-8-9(2)20-12(15-8)7-17-11-6-4-3-5-10(11)13(16-17)14(18)19/h3-6H,7H2,1-2H3,(H,18,19). The number of aromatic nitrogens is 3. The van der Waals surface area contributed by atoms with Gasteiger partial charge in [-0.2, -0.15) is 5.10 Å². The van der Waals surface area contributed by atoms with Crippen molar-refractivity contribution >= 4 is 16.9 Å². The van der Waals surface area contributed by atoms with Crippen molar-refractivity contribution in [2.45, 2.75) is 20.4 Å². The minimum atomic E-state index is -1.04. The fourth-order valence-corrected chi connectivity index (χ4v) is 2.14. The number of benzene rings is 1. The molecule has 0 aliphatic heterocycles. The molecule has 0 atom stereocenters. The summed E-state index contributed by atoms with van der Waals surface area (Å²) in [4.78, 5) is 15.5. The molecule has 0 aliphatic rings. The van der Waals surface area contributed by atoms with Crippen LogP contribution in [0.1, 0.15) is 27.8 Å². The SMILES string of the molecule is Cc1nc(Cn2nc(C(=O)O)c3ccccc32)oc1C. The zero-order chi connectivity index (χ0) is 14.3. The lowest BCUT2D eigenvalue weighted by Gasteiger charge is -1.99. The molecule has 3 aromatic rings. The van der Waals surface area contributed by atoms with Gasteiger partial charge in [-0.15, -0.1) is 0 Å². The fourth-order valence-electron chi connectivity index (χ4n) is 2.14. The van der Waals surface area contributed by atoms with Gasteiger partial charge in [0.15, 0.2) is 5.69 Å². The summed E-state index contributed by atoms with van der Waals surface area (Å²) >= 11 is 0. The Kier molecular flexibility index (Phi) is 2.78. The first-order valence-corrected chi connectivity index (χ1v) is 6.18. The van der Waals surface area contributed by atoms with Crippen molar-refractivity contribution in [3.05, 3.63) is 47.3 Å². The third-order valence-electron chi connectivity index (χ3n) is 3.22. The Hall–Kier alpha value is -2.63. The molecular formula is C14H13N3O3. The monoisotopic (exact) mass is 271 g/mol. The largest absolute Gasteiger partial charge is 0.476 e. The van der Waals surface area contributed by atoms with Crippen molar-refractivity contribution in [1.29, 1.82) is 0 Å². The molecule has 2 aromatic heterocycles. The summed E-state index contributed by atoms with van der Waals surface area (Å²) in [5.74, 6) is 0.236. The molecule has 0 aliphatic carbocycles. The summed E-state index contributed by atoms with van der Waals surface area (Å²) in [5.41, 5.74) is 1.62. The first-order valence-electron chi connectivity index (χ1n) is 6.18. The molecule has 0 saturated heterocycles. The molecule has 0 unspecified atom stereocenters. The molecule has 0 radical (unpaired) electrons. The van der Waals surface area contributed by atoms with Crippen LogP contribution >= 0.6 is 0 Å². The van der Waals surface area contributed by atoms with E-state index in [2.05, 4.69) is 10.1 Å². The van der Waals surface area contributed by atoms with E-state index >= 15 is 0 Å². The van der Waals surface area contributed by atoms with E-state index in [1.807, 2.05) is 26.0 Å². The van der Waals surface area contributed by atoms with Crippen LogP contribution in [0.15, 0.2) is 28.7 Å². The molecule has 0 spiro atoms. The topological polar surface area (TPSA) is 81.2 Å². The number of rotatable bonds is 3. The lowest BCUT2D eigenvalue weighted by atomic mass is 10.2. The van der Waals surface area contributed by atoms with Gasteiger partial charge in [0.25, 0.3) is 0 Å². The van der Waals surface area contributed by atoms with E-state index in [4.69, 9.17) is 4.42 Å². The number of hydrogen-bond donors (Lipinski definition) is 1.